The smallest absolute Gasteiger partial charge is 0.242 e. The van der Waals surface area contributed by atoms with Crippen molar-refractivity contribution < 1.29 is 18.0 Å². The van der Waals surface area contributed by atoms with E-state index in [0.717, 1.165) is 30.7 Å². The van der Waals surface area contributed by atoms with Gasteiger partial charge in [0.1, 0.15) is 5.82 Å². The molecule has 32 heavy (non-hydrogen) atoms. The maximum Gasteiger partial charge on any atom is 0.242 e. The SMILES string of the molecule is CCCCn1c(CCC(=O)NCC(=O)N(CC)CC)nc2cc(S(=O)(=O)N(C)C)ccc21. The van der Waals surface area contributed by atoms with Crippen LogP contribution in [0.1, 0.15) is 45.9 Å². The molecule has 0 bridgehead atoms. The van der Waals surface area contributed by atoms with Crippen LogP contribution in [0.4, 0.5) is 0 Å². The zero-order valence-corrected chi connectivity index (χ0v) is 20.5. The number of hydrogen-bond acceptors (Lipinski definition) is 5. The van der Waals surface area contributed by atoms with Gasteiger partial charge in [-0.1, -0.05) is 13.3 Å². The number of likely N-dealkylation sites (N-methyl/N-ethyl adjacent to an activating group) is 1. The first-order chi connectivity index (χ1) is 15.1. The predicted molar refractivity (Wildman–Crippen MR) is 125 cm³/mol. The van der Waals surface area contributed by atoms with Crippen molar-refractivity contribution in [1.82, 2.24) is 24.1 Å². The van der Waals surface area contributed by atoms with Gasteiger partial charge in [0.25, 0.3) is 0 Å². The van der Waals surface area contributed by atoms with Crippen LogP contribution < -0.4 is 5.32 Å². The van der Waals surface area contributed by atoms with Crippen LogP contribution in [0, 0.1) is 0 Å². The molecule has 178 valence electrons. The van der Waals surface area contributed by atoms with Crippen LogP contribution in [0.2, 0.25) is 0 Å². The molecule has 0 saturated carbocycles. The highest BCUT2D eigenvalue weighted by Gasteiger charge is 2.20. The molecule has 1 aromatic heterocycles. The number of fused-ring (bicyclic) bond motifs is 1. The minimum atomic E-state index is -3.56. The summed E-state index contributed by atoms with van der Waals surface area (Å²) >= 11 is 0. The summed E-state index contributed by atoms with van der Waals surface area (Å²) < 4.78 is 28.2. The Hall–Kier alpha value is -2.46. The van der Waals surface area contributed by atoms with Crippen LogP contribution in [0.25, 0.3) is 11.0 Å². The zero-order valence-electron chi connectivity index (χ0n) is 19.7. The molecular formula is C22H35N5O4S. The summed E-state index contributed by atoms with van der Waals surface area (Å²) in [4.78, 5) is 30.9. The van der Waals surface area contributed by atoms with E-state index in [9.17, 15) is 18.0 Å². The number of carbonyl (C=O) groups is 2. The summed E-state index contributed by atoms with van der Waals surface area (Å²) in [5, 5.41) is 2.69. The van der Waals surface area contributed by atoms with Gasteiger partial charge < -0.3 is 14.8 Å². The number of benzene rings is 1. The Bertz CT molecular complexity index is 1040. The lowest BCUT2D eigenvalue weighted by Crippen LogP contribution is -2.40. The largest absolute Gasteiger partial charge is 0.347 e. The zero-order chi connectivity index (χ0) is 23.9. The molecule has 2 aromatic rings. The van der Waals surface area contributed by atoms with Gasteiger partial charge in [0.15, 0.2) is 0 Å². The molecule has 0 aliphatic heterocycles. The van der Waals surface area contributed by atoms with E-state index in [-0.39, 0.29) is 29.7 Å². The first-order valence-electron chi connectivity index (χ1n) is 11.1. The van der Waals surface area contributed by atoms with E-state index in [1.807, 2.05) is 13.8 Å². The average Bonchev–Trinajstić information content (AvgIpc) is 3.12. The van der Waals surface area contributed by atoms with Gasteiger partial charge >= 0.3 is 0 Å². The van der Waals surface area contributed by atoms with Gasteiger partial charge in [-0.15, -0.1) is 0 Å². The number of sulfonamides is 1. The van der Waals surface area contributed by atoms with Crippen LogP contribution in [-0.4, -0.2) is 72.7 Å². The lowest BCUT2D eigenvalue weighted by atomic mass is 10.2. The molecule has 10 heteroatoms. The summed E-state index contributed by atoms with van der Waals surface area (Å²) in [6.07, 6.45) is 2.55. The molecule has 2 amide bonds. The fraction of sp³-hybridized carbons (Fsp3) is 0.591. The lowest BCUT2D eigenvalue weighted by Gasteiger charge is -2.18. The maximum atomic E-state index is 12.5. The summed E-state index contributed by atoms with van der Waals surface area (Å²) in [5.74, 6) is 0.418. The van der Waals surface area contributed by atoms with Gasteiger partial charge in [0.2, 0.25) is 21.8 Å². The second-order valence-corrected chi connectivity index (χ2v) is 9.97. The Morgan fingerprint density at radius 2 is 1.81 bits per heavy atom. The number of rotatable bonds is 12. The maximum absolute atomic E-state index is 12.5. The third kappa shape index (κ3) is 6.07. The van der Waals surface area contributed by atoms with Crippen molar-refractivity contribution in [3.05, 3.63) is 24.0 Å². The van der Waals surface area contributed by atoms with Crippen molar-refractivity contribution in [3.8, 4) is 0 Å². The topological polar surface area (TPSA) is 105 Å². The third-order valence-corrected chi connectivity index (χ3v) is 7.25. The second kappa shape index (κ2) is 11.4. The third-order valence-electron chi connectivity index (χ3n) is 5.44. The van der Waals surface area contributed by atoms with Crippen LogP contribution in [0.3, 0.4) is 0 Å². The first kappa shape index (κ1) is 25.8. The lowest BCUT2D eigenvalue weighted by molar-refractivity contribution is -0.132. The number of aromatic nitrogens is 2. The minimum Gasteiger partial charge on any atom is -0.347 e. The summed E-state index contributed by atoms with van der Waals surface area (Å²) in [6, 6.07) is 4.96. The molecular weight excluding hydrogens is 430 g/mol. The van der Waals surface area contributed by atoms with Crippen molar-refractivity contribution in [1.29, 1.82) is 0 Å². The highest BCUT2D eigenvalue weighted by molar-refractivity contribution is 7.89. The fourth-order valence-electron chi connectivity index (χ4n) is 3.46. The number of aryl methyl sites for hydroxylation is 2. The number of imidazole rings is 1. The number of carbonyl (C=O) groups excluding carboxylic acids is 2. The van der Waals surface area contributed by atoms with Crippen molar-refractivity contribution >= 4 is 32.9 Å². The monoisotopic (exact) mass is 465 g/mol. The molecule has 0 aliphatic rings. The van der Waals surface area contributed by atoms with Gasteiger partial charge in [-0.3, -0.25) is 9.59 Å². The second-order valence-electron chi connectivity index (χ2n) is 7.81. The van der Waals surface area contributed by atoms with Crippen LogP contribution >= 0.6 is 0 Å². The molecule has 0 atom stereocenters. The quantitative estimate of drug-likeness (QED) is 0.516. The van der Waals surface area contributed by atoms with Crippen LogP contribution in [0.15, 0.2) is 23.1 Å². The highest BCUT2D eigenvalue weighted by Crippen LogP contribution is 2.23. The highest BCUT2D eigenvalue weighted by atomic mass is 32.2. The molecule has 1 heterocycles. The number of nitrogens with one attached hydrogen (secondary N) is 1. The van der Waals surface area contributed by atoms with Gasteiger partial charge in [0.05, 0.1) is 22.5 Å². The molecule has 0 saturated heterocycles. The average molecular weight is 466 g/mol. The molecule has 9 nitrogen and oxygen atoms in total. The predicted octanol–water partition coefficient (Wildman–Crippen LogP) is 2.00. The van der Waals surface area contributed by atoms with E-state index in [4.69, 9.17) is 0 Å². The van der Waals surface area contributed by atoms with Crippen LogP contribution in [-0.2, 0) is 32.6 Å². The van der Waals surface area contributed by atoms with Gasteiger partial charge in [-0.2, -0.15) is 0 Å². The Labute approximate surface area is 190 Å². The number of amides is 2. The standard InChI is InChI=1S/C22H35N5O4S/c1-6-9-14-27-19-11-10-17(32(30,31)25(4)5)15-18(19)24-20(27)12-13-21(28)23-16-22(29)26(7-2)8-3/h10-11,15H,6-9,12-14,16H2,1-5H3,(H,23,28). The summed E-state index contributed by atoms with van der Waals surface area (Å²) in [6.45, 7) is 7.85. The van der Waals surface area contributed by atoms with Crippen LogP contribution in [0.5, 0.6) is 0 Å². The van der Waals surface area contributed by atoms with Crippen molar-refractivity contribution in [3.63, 3.8) is 0 Å². The molecule has 1 aromatic carbocycles. The molecule has 0 spiro atoms. The molecule has 0 unspecified atom stereocenters. The Morgan fingerprint density at radius 1 is 1.12 bits per heavy atom. The molecule has 1 N–H and O–H groups in total. The van der Waals surface area contributed by atoms with Crippen molar-refractivity contribution in [2.45, 2.75) is 57.9 Å². The fourth-order valence-corrected chi connectivity index (χ4v) is 4.39. The van der Waals surface area contributed by atoms with Gasteiger partial charge in [-0.25, -0.2) is 17.7 Å². The Morgan fingerprint density at radius 3 is 2.41 bits per heavy atom. The number of unbranched alkanes of at least 4 members (excludes halogenated alkanes) is 1. The van der Waals surface area contributed by atoms with E-state index in [0.29, 0.717) is 25.0 Å². The van der Waals surface area contributed by atoms with E-state index in [1.165, 1.54) is 18.4 Å². The van der Waals surface area contributed by atoms with Crippen molar-refractivity contribution in [2.75, 3.05) is 33.7 Å². The van der Waals surface area contributed by atoms with E-state index < -0.39 is 10.0 Å². The van der Waals surface area contributed by atoms with E-state index in [2.05, 4.69) is 21.8 Å². The Balaban J connectivity index is 2.19. The summed E-state index contributed by atoms with van der Waals surface area (Å²) in [5.41, 5.74) is 1.44. The van der Waals surface area contributed by atoms with E-state index in [1.54, 1.807) is 23.1 Å². The first-order valence-corrected chi connectivity index (χ1v) is 12.6. The van der Waals surface area contributed by atoms with Crippen molar-refractivity contribution in [2.24, 2.45) is 0 Å². The van der Waals surface area contributed by atoms with Gasteiger partial charge in [-0.05, 0) is 38.5 Å². The normalized spacial score (nSPS) is 11.8. The molecule has 0 radical (unpaired) electrons. The Kier molecular flexibility index (Phi) is 9.21. The summed E-state index contributed by atoms with van der Waals surface area (Å²) in [7, 11) is -0.569. The minimum absolute atomic E-state index is 0.0154. The molecule has 0 aliphatic carbocycles. The van der Waals surface area contributed by atoms with Gasteiger partial charge in [0, 0.05) is 46.6 Å². The molecule has 0 fully saturated rings. The number of hydrogen-bond donors (Lipinski definition) is 1. The number of nitrogens with zero attached hydrogens (tertiary/aromatic N) is 4. The van der Waals surface area contributed by atoms with E-state index >= 15 is 0 Å². The molecule has 2 rings (SSSR count).